The molecule has 0 fully saturated rings. The Bertz CT molecular complexity index is 568. The van der Waals surface area contributed by atoms with Gasteiger partial charge in [0.05, 0.1) is 12.7 Å². The van der Waals surface area contributed by atoms with Gasteiger partial charge in [-0.15, -0.1) is 0 Å². The summed E-state index contributed by atoms with van der Waals surface area (Å²) in [4.78, 5) is 11.6. The van der Waals surface area contributed by atoms with Crippen LogP contribution < -0.4 is 5.56 Å². The second kappa shape index (κ2) is 4.97. The number of rotatable bonds is 2. The van der Waals surface area contributed by atoms with Crippen LogP contribution in [0.2, 0.25) is 5.02 Å². The summed E-state index contributed by atoms with van der Waals surface area (Å²) >= 11 is 8.07. The first-order valence-corrected chi connectivity index (χ1v) is 6.08. The van der Waals surface area contributed by atoms with E-state index in [2.05, 4.69) is 27.7 Å². The van der Waals surface area contributed by atoms with Crippen LogP contribution in [-0.4, -0.2) is 9.78 Å². The Morgan fingerprint density at radius 3 is 2.81 bits per heavy atom. The maximum absolute atomic E-state index is 11.6. The maximum atomic E-state index is 11.6. The first-order chi connectivity index (χ1) is 7.66. The molecule has 2 rings (SSSR count). The normalized spacial score (nSPS) is 10.4. The highest BCUT2D eigenvalue weighted by Crippen LogP contribution is 2.15. The number of nitrogens with zero attached hydrogens (tertiary/aromatic N) is 2. The Balaban J connectivity index is 2.35. The Labute approximate surface area is 111 Å². The topological polar surface area (TPSA) is 34.9 Å². The largest absolute Gasteiger partial charge is 0.268 e. The molecule has 0 aliphatic carbocycles. The van der Waals surface area contributed by atoms with Gasteiger partial charge in [0.1, 0.15) is 0 Å². The quantitative estimate of drug-likeness (QED) is 0.783. The van der Waals surface area contributed by atoms with E-state index in [9.17, 15) is 4.79 Å². The monoisotopic (exact) mass is 346 g/mol. The lowest BCUT2D eigenvalue weighted by Crippen LogP contribution is -2.22. The molecule has 2 aromatic rings. The molecule has 0 aliphatic rings. The summed E-state index contributed by atoms with van der Waals surface area (Å²) in [5, 5.41) is 4.70. The van der Waals surface area contributed by atoms with Crippen molar-refractivity contribution in [3.05, 3.63) is 61.0 Å². The molecular formula is C11H8ClIN2O. The van der Waals surface area contributed by atoms with Crippen LogP contribution >= 0.6 is 34.2 Å². The molecule has 0 unspecified atom stereocenters. The van der Waals surface area contributed by atoms with Gasteiger partial charge in [0.25, 0.3) is 5.56 Å². The molecule has 0 atom stereocenters. The Morgan fingerprint density at radius 1 is 1.38 bits per heavy atom. The molecule has 3 nitrogen and oxygen atoms in total. The molecule has 5 heteroatoms. The Morgan fingerprint density at radius 2 is 2.12 bits per heavy atom. The highest BCUT2D eigenvalue weighted by Gasteiger charge is 2.03. The zero-order chi connectivity index (χ0) is 11.5. The number of hydrogen-bond donors (Lipinski definition) is 0. The minimum absolute atomic E-state index is 0.119. The van der Waals surface area contributed by atoms with Crippen molar-refractivity contribution in [2.45, 2.75) is 6.54 Å². The summed E-state index contributed by atoms with van der Waals surface area (Å²) in [7, 11) is 0. The van der Waals surface area contributed by atoms with Crippen LogP contribution in [0.25, 0.3) is 0 Å². The Kier molecular flexibility index (Phi) is 3.60. The van der Waals surface area contributed by atoms with Crippen molar-refractivity contribution in [2.75, 3.05) is 0 Å². The van der Waals surface area contributed by atoms with E-state index in [4.69, 9.17) is 11.6 Å². The average Bonchev–Trinajstić information content (AvgIpc) is 2.25. The van der Waals surface area contributed by atoms with Gasteiger partial charge in [-0.3, -0.25) is 4.79 Å². The van der Waals surface area contributed by atoms with Gasteiger partial charge >= 0.3 is 0 Å². The van der Waals surface area contributed by atoms with E-state index in [0.717, 1.165) is 9.13 Å². The van der Waals surface area contributed by atoms with Gasteiger partial charge < -0.3 is 0 Å². The predicted octanol–water partition coefficient (Wildman–Crippen LogP) is 2.55. The van der Waals surface area contributed by atoms with E-state index < -0.39 is 0 Å². The maximum Gasteiger partial charge on any atom is 0.268 e. The second-order valence-electron chi connectivity index (χ2n) is 3.26. The van der Waals surface area contributed by atoms with Crippen molar-refractivity contribution < 1.29 is 0 Å². The van der Waals surface area contributed by atoms with Gasteiger partial charge in [-0.1, -0.05) is 29.8 Å². The van der Waals surface area contributed by atoms with Crippen molar-refractivity contribution >= 4 is 34.2 Å². The van der Waals surface area contributed by atoms with E-state index >= 15 is 0 Å². The van der Waals surface area contributed by atoms with Crippen LogP contribution in [0.5, 0.6) is 0 Å². The van der Waals surface area contributed by atoms with Crippen molar-refractivity contribution in [1.82, 2.24) is 9.78 Å². The van der Waals surface area contributed by atoms with Crippen molar-refractivity contribution in [3.8, 4) is 0 Å². The van der Waals surface area contributed by atoms with Gasteiger partial charge in [-0.05, 0) is 34.2 Å². The average molecular weight is 347 g/mol. The molecule has 0 aliphatic heterocycles. The first-order valence-electron chi connectivity index (χ1n) is 4.63. The fourth-order valence-electron chi connectivity index (χ4n) is 1.32. The van der Waals surface area contributed by atoms with Crippen molar-refractivity contribution in [2.24, 2.45) is 0 Å². The molecule has 0 amide bonds. The number of aromatic nitrogens is 2. The number of halogens is 2. The minimum atomic E-state index is -0.119. The molecule has 1 aromatic carbocycles. The Hall–Kier alpha value is -0.880. The van der Waals surface area contributed by atoms with Crippen LogP contribution in [0.3, 0.4) is 0 Å². The van der Waals surface area contributed by atoms with Crippen molar-refractivity contribution in [1.29, 1.82) is 0 Å². The van der Waals surface area contributed by atoms with Crippen LogP contribution in [0, 0.1) is 3.57 Å². The zero-order valence-corrected chi connectivity index (χ0v) is 11.1. The molecule has 0 spiro atoms. The molecule has 0 bridgehead atoms. The molecule has 16 heavy (non-hydrogen) atoms. The van der Waals surface area contributed by atoms with E-state index in [1.54, 1.807) is 18.3 Å². The molecule has 82 valence electrons. The predicted molar refractivity (Wildman–Crippen MR) is 71.8 cm³/mol. The van der Waals surface area contributed by atoms with E-state index in [1.165, 1.54) is 4.68 Å². The van der Waals surface area contributed by atoms with Gasteiger partial charge in [-0.25, -0.2) is 4.68 Å². The molecule has 0 radical (unpaired) electrons. The van der Waals surface area contributed by atoms with Gasteiger partial charge in [0.2, 0.25) is 0 Å². The highest BCUT2D eigenvalue weighted by atomic mass is 127. The third-order valence-corrected chi connectivity index (χ3v) is 3.07. The van der Waals surface area contributed by atoms with E-state index in [0.29, 0.717) is 11.6 Å². The molecule has 0 saturated heterocycles. The molecular weight excluding hydrogens is 338 g/mol. The van der Waals surface area contributed by atoms with Crippen LogP contribution in [-0.2, 0) is 6.54 Å². The fourth-order valence-corrected chi connectivity index (χ4v) is 1.90. The smallest absolute Gasteiger partial charge is 0.268 e. The molecule has 0 saturated carbocycles. The fraction of sp³-hybridized carbons (Fsp3) is 0.0909. The SMILES string of the molecule is O=c1cc(I)cnn1Cc1ccccc1Cl. The van der Waals surface area contributed by atoms with Crippen molar-refractivity contribution in [3.63, 3.8) is 0 Å². The third-order valence-electron chi connectivity index (χ3n) is 2.11. The van der Waals surface area contributed by atoms with Gasteiger partial charge in [-0.2, -0.15) is 5.10 Å². The van der Waals surface area contributed by atoms with Crippen LogP contribution in [0.1, 0.15) is 5.56 Å². The zero-order valence-electron chi connectivity index (χ0n) is 8.23. The summed E-state index contributed by atoms with van der Waals surface area (Å²) in [6, 6.07) is 8.97. The summed E-state index contributed by atoms with van der Waals surface area (Å²) in [6.45, 7) is 0.398. The summed E-state index contributed by atoms with van der Waals surface area (Å²) in [5.74, 6) is 0. The summed E-state index contributed by atoms with van der Waals surface area (Å²) < 4.78 is 2.22. The summed E-state index contributed by atoms with van der Waals surface area (Å²) in [6.07, 6.45) is 1.65. The molecule has 1 heterocycles. The third kappa shape index (κ3) is 2.62. The van der Waals surface area contributed by atoms with Gasteiger partial charge in [0, 0.05) is 14.7 Å². The van der Waals surface area contributed by atoms with Gasteiger partial charge in [0.15, 0.2) is 0 Å². The molecule has 1 aromatic heterocycles. The van der Waals surface area contributed by atoms with Crippen LogP contribution in [0.15, 0.2) is 41.3 Å². The van der Waals surface area contributed by atoms with E-state index in [1.807, 2.05) is 18.2 Å². The number of hydrogen-bond acceptors (Lipinski definition) is 2. The lowest BCUT2D eigenvalue weighted by Gasteiger charge is -2.05. The minimum Gasteiger partial charge on any atom is -0.268 e. The lowest BCUT2D eigenvalue weighted by molar-refractivity contribution is 0.637. The highest BCUT2D eigenvalue weighted by molar-refractivity contribution is 14.1. The standard InChI is InChI=1S/C11H8ClIN2O/c12-10-4-2-1-3-8(10)7-15-11(16)5-9(13)6-14-15/h1-6H,7H2. The summed E-state index contributed by atoms with van der Waals surface area (Å²) in [5.41, 5.74) is 0.770. The lowest BCUT2D eigenvalue weighted by atomic mass is 10.2. The first kappa shape index (κ1) is 11.6. The van der Waals surface area contributed by atoms with E-state index in [-0.39, 0.29) is 5.56 Å². The van der Waals surface area contributed by atoms with Crippen LogP contribution in [0.4, 0.5) is 0 Å². The second-order valence-corrected chi connectivity index (χ2v) is 4.91. The number of benzene rings is 1. The molecule has 0 N–H and O–H groups in total.